The number of aryl methyl sites for hydroxylation is 2. The highest BCUT2D eigenvalue weighted by atomic mass is 19.4. The first-order valence-corrected chi connectivity index (χ1v) is 5.43. The monoisotopic (exact) mass is 250 g/mol. The Morgan fingerprint density at radius 1 is 1.53 bits per heavy atom. The van der Waals surface area contributed by atoms with Gasteiger partial charge in [0.05, 0.1) is 17.4 Å². The first-order valence-electron chi connectivity index (χ1n) is 5.43. The molecular weight excluding hydrogens is 233 g/mol. The van der Waals surface area contributed by atoms with Crippen molar-refractivity contribution in [2.24, 2.45) is 12.9 Å². The molecule has 0 radical (unpaired) electrons. The fraction of sp³-hybridized carbons (Fsp3) is 0.700. The van der Waals surface area contributed by atoms with E-state index in [2.05, 4.69) is 10.5 Å². The van der Waals surface area contributed by atoms with Gasteiger partial charge in [0.15, 0.2) is 0 Å². The zero-order valence-electron chi connectivity index (χ0n) is 9.88. The Morgan fingerprint density at radius 2 is 2.18 bits per heavy atom. The molecule has 0 aliphatic heterocycles. The lowest BCUT2D eigenvalue weighted by Crippen LogP contribution is -2.30. The second-order valence-electron chi connectivity index (χ2n) is 3.91. The summed E-state index contributed by atoms with van der Waals surface area (Å²) in [4.78, 5) is 0. The zero-order chi connectivity index (χ0) is 13.1. The van der Waals surface area contributed by atoms with Gasteiger partial charge in [-0.15, -0.1) is 0 Å². The topological polar surface area (TPSA) is 55.9 Å². The van der Waals surface area contributed by atoms with Crippen molar-refractivity contribution in [2.75, 3.05) is 0 Å². The molecule has 1 heterocycles. The summed E-state index contributed by atoms with van der Waals surface area (Å²) in [5.74, 6) is 5.30. The van der Waals surface area contributed by atoms with Crippen LogP contribution in [-0.4, -0.2) is 16.0 Å². The van der Waals surface area contributed by atoms with Crippen LogP contribution in [0.5, 0.6) is 0 Å². The molecule has 1 unspecified atom stereocenters. The van der Waals surface area contributed by atoms with E-state index >= 15 is 0 Å². The van der Waals surface area contributed by atoms with Gasteiger partial charge in [0.2, 0.25) is 0 Å². The third kappa shape index (κ3) is 4.01. The van der Waals surface area contributed by atoms with Gasteiger partial charge in [0, 0.05) is 13.5 Å². The van der Waals surface area contributed by atoms with E-state index in [1.807, 2.05) is 6.92 Å². The van der Waals surface area contributed by atoms with Crippen LogP contribution in [0.15, 0.2) is 6.07 Å². The number of alkyl halides is 3. The molecular formula is C10H17F3N4. The van der Waals surface area contributed by atoms with E-state index in [-0.39, 0.29) is 6.42 Å². The minimum Gasteiger partial charge on any atom is -0.271 e. The van der Waals surface area contributed by atoms with Crippen LogP contribution in [0.3, 0.4) is 0 Å². The van der Waals surface area contributed by atoms with Gasteiger partial charge >= 0.3 is 6.18 Å². The van der Waals surface area contributed by atoms with Crippen LogP contribution in [0.1, 0.15) is 37.2 Å². The van der Waals surface area contributed by atoms with Crippen molar-refractivity contribution in [3.05, 3.63) is 17.5 Å². The average molecular weight is 250 g/mol. The summed E-state index contributed by atoms with van der Waals surface area (Å²) in [5.41, 5.74) is 3.93. The van der Waals surface area contributed by atoms with Crippen molar-refractivity contribution in [2.45, 2.75) is 38.4 Å². The van der Waals surface area contributed by atoms with Crippen LogP contribution in [0.2, 0.25) is 0 Å². The molecule has 7 heteroatoms. The third-order valence-electron chi connectivity index (χ3n) is 2.60. The maximum absolute atomic E-state index is 12.1. The lowest BCUT2D eigenvalue weighted by Gasteiger charge is -2.16. The first-order chi connectivity index (χ1) is 7.87. The molecule has 17 heavy (non-hydrogen) atoms. The van der Waals surface area contributed by atoms with Gasteiger partial charge in [-0.3, -0.25) is 16.0 Å². The molecule has 4 nitrogen and oxygen atoms in total. The largest absolute Gasteiger partial charge is 0.389 e. The molecule has 1 aromatic rings. The van der Waals surface area contributed by atoms with Crippen molar-refractivity contribution < 1.29 is 13.2 Å². The number of rotatable bonds is 5. The number of hydrogen-bond acceptors (Lipinski definition) is 3. The predicted octanol–water partition coefficient (Wildman–Crippen LogP) is 1.83. The lowest BCUT2D eigenvalue weighted by atomic mass is 10.1. The number of hydrazine groups is 1. The number of aromatic nitrogens is 2. The summed E-state index contributed by atoms with van der Waals surface area (Å²) in [6.45, 7) is 1.94. The average Bonchev–Trinajstić information content (AvgIpc) is 2.60. The summed E-state index contributed by atoms with van der Waals surface area (Å²) in [7, 11) is 1.70. The molecule has 0 aromatic carbocycles. The Kier molecular flexibility index (Phi) is 4.53. The van der Waals surface area contributed by atoms with E-state index in [4.69, 9.17) is 5.84 Å². The maximum Gasteiger partial charge on any atom is 0.389 e. The van der Waals surface area contributed by atoms with Gasteiger partial charge in [-0.2, -0.15) is 18.3 Å². The standard InChI is InChI=1S/C10H17F3N4/c1-3-7-6-9(17(2)16-7)8(15-14)4-5-10(11,12)13/h6,8,15H,3-5,14H2,1-2H3. The second kappa shape index (κ2) is 5.50. The van der Waals surface area contributed by atoms with E-state index in [9.17, 15) is 13.2 Å². The second-order valence-corrected chi connectivity index (χ2v) is 3.91. The molecule has 0 aliphatic carbocycles. The number of nitrogens with one attached hydrogen (secondary N) is 1. The van der Waals surface area contributed by atoms with Crippen molar-refractivity contribution in [1.82, 2.24) is 15.2 Å². The van der Waals surface area contributed by atoms with Crippen molar-refractivity contribution >= 4 is 0 Å². The van der Waals surface area contributed by atoms with E-state index in [0.29, 0.717) is 5.69 Å². The van der Waals surface area contributed by atoms with Gasteiger partial charge in [0.1, 0.15) is 0 Å². The molecule has 0 amide bonds. The summed E-state index contributed by atoms with van der Waals surface area (Å²) in [5, 5.41) is 4.18. The third-order valence-corrected chi connectivity index (χ3v) is 2.60. The normalized spacial score (nSPS) is 14.0. The van der Waals surface area contributed by atoms with Crippen molar-refractivity contribution in [3.8, 4) is 0 Å². The number of halogens is 3. The van der Waals surface area contributed by atoms with Crippen LogP contribution >= 0.6 is 0 Å². The molecule has 0 spiro atoms. The summed E-state index contributed by atoms with van der Waals surface area (Å²) >= 11 is 0. The van der Waals surface area contributed by atoms with Gasteiger partial charge in [-0.25, -0.2) is 0 Å². The minimum absolute atomic E-state index is 0.0946. The molecule has 0 fully saturated rings. The van der Waals surface area contributed by atoms with Gasteiger partial charge in [-0.05, 0) is 18.9 Å². The fourth-order valence-electron chi connectivity index (χ4n) is 1.67. The quantitative estimate of drug-likeness (QED) is 0.619. The molecule has 98 valence electrons. The van der Waals surface area contributed by atoms with Crippen LogP contribution < -0.4 is 11.3 Å². The lowest BCUT2D eigenvalue weighted by molar-refractivity contribution is -0.136. The van der Waals surface area contributed by atoms with Gasteiger partial charge in [0.25, 0.3) is 0 Å². The SMILES string of the molecule is CCc1cc(C(CCC(F)(F)F)NN)n(C)n1. The van der Waals surface area contributed by atoms with E-state index in [0.717, 1.165) is 12.1 Å². The highest BCUT2D eigenvalue weighted by Gasteiger charge is 2.29. The summed E-state index contributed by atoms with van der Waals surface area (Å²) in [6, 6.07) is 1.25. The summed E-state index contributed by atoms with van der Waals surface area (Å²) in [6.07, 6.45) is -4.39. The highest BCUT2D eigenvalue weighted by Crippen LogP contribution is 2.27. The van der Waals surface area contributed by atoms with Gasteiger partial charge in [-0.1, -0.05) is 6.92 Å². The van der Waals surface area contributed by atoms with Crippen LogP contribution in [0, 0.1) is 0 Å². The van der Waals surface area contributed by atoms with E-state index in [1.165, 1.54) is 0 Å². The molecule has 0 aliphatic rings. The smallest absolute Gasteiger partial charge is 0.271 e. The fourth-order valence-corrected chi connectivity index (χ4v) is 1.67. The number of nitrogens with two attached hydrogens (primary N) is 1. The zero-order valence-corrected chi connectivity index (χ0v) is 9.88. The number of nitrogens with zero attached hydrogens (tertiary/aromatic N) is 2. The highest BCUT2D eigenvalue weighted by molar-refractivity contribution is 5.14. The van der Waals surface area contributed by atoms with Crippen molar-refractivity contribution in [1.29, 1.82) is 0 Å². The first kappa shape index (κ1) is 14.0. The Balaban J connectivity index is 2.75. The van der Waals surface area contributed by atoms with E-state index < -0.39 is 18.6 Å². The molecule has 1 rings (SSSR count). The van der Waals surface area contributed by atoms with Gasteiger partial charge < -0.3 is 0 Å². The summed E-state index contributed by atoms with van der Waals surface area (Å²) < 4.78 is 38.0. The van der Waals surface area contributed by atoms with E-state index in [1.54, 1.807) is 17.8 Å². The maximum atomic E-state index is 12.1. The molecule has 0 bridgehead atoms. The molecule has 0 saturated heterocycles. The van der Waals surface area contributed by atoms with Crippen LogP contribution in [0.25, 0.3) is 0 Å². The minimum atomic E-state index is -4.17. The number of hydrogen-bond donors (Lipinski definition) is 2. The van der Waals surface area contributed by atoms with Crippen LogP contribution in [0.4, 0.5) is 13.2 Å². The Hall–Kier alpha value is -1.08. The molecule has 3 N–H and O–H groups in total. The molecule has 1 atom stereocenters. The van der Waals surface area contributed by atoms with Crippen molar-refractivity contribution in [3.63, 3.8) is 0 Å². The Labute approximate surface area is 97.9 Å². The Morgan fingerprint density at radius 3 is 2.59 bits per heavy atom. The Bertz CT molecular complexity index is 359. The molecule has 0 saturated carbocycles. The predicted molar refractivity (Wildman–Crippen MR) is 57.9 cm³/mol. The van der Waals surface area contributed by atoms with Crippen LogP contribution in [-0.2, 0) is 13.5 Å². The molecule has 1 aromatic heterocycles.